The second kappa shape index (κ2) is 9.61. The molecule has 0 aliphatic carbocycles. The molecule has 2 aromatic rings. The van der Waals surface area contributed by atoms with Crippen LogP contribution in [-0.4, -0.2) is 28.8 Å². The van der Waals surface area contributed by atoms with Gasteiger partial charge in [-0.15, -0.1) is 11.8 Å². The van der Waals surface area contributed by atoms with Gasteiger partial charge in [-0.2, -0.15) is 0 Å². The lowest BCUT2D eigenvalue weighted by Gasteiger charge is -2.15. The lowest BCUT2D eigenvalue weighted by atomic mass is 10.0. The Bertz CT molecular complexity index is 991. The van der Waals surface area contributed by atoms with Gasteiger partial charge in [0.15, 0.2) is 23.3 Å². The number of nitrogens with one attached hydrogen (secondary N) is 1. The van der Waals surface area contributed by atoms with Crippen LogP contribution in [0.25, 0.3) is 11.1 Å². The van der Waals surface area contributed by atoms with E-state index < -0.39 is 63.2 Å². The monoisotopic (exact) mass is 471 g/mol. The first-order valence-corrected chi connectivity index (χ1v) is 9.38. The number of carbonyl (C=O) groups is 2. The van der Waals surface area contributed by atoms with Crippen molar-refractivity contribution in [3.63, 3.8) is 0 Å². The highest BCUT2D eigenvalue weighted by molar-refractivity contribution is 8.00. The number of halogens is 7. The maximum absolute atomic E-state index is 14.3. The maximum Gasteiger partial charge on any atom is 0.305 e. The van der Waals surface area contributed by atoms with Gasteiger partial charge in [0.1, 0.15) is 5.82 Å². The number of amides is 1. The molecule has 0 bridgehead atoms. The van der Waals surface area contributed by atoms with E-state index in [2.05, 4.69) is 5.32 Å². The first-order chi connectivity index (χ1) is 14.0. The van der Waals surface area contributed by atoms with E-state index in [0.717, 1.165) is 6.07 Å². The van der Waals surface area contributed by atoms with E-state index in [-0.39, 0.29) is 22.9 Å². The van der Waals surface area contributed by atoms with E-state index in [9.17, 15) is 35.9 Å². The van der Waals surface area contributed by atoms with E-state index in [4.69, 9.17) is 16.7 Å². The number of aliphatic carboxylic acids is 1. The highest BCUT2D eigenvalue weighted by Gasteiger charge is 2.29. The summed E-state index contributed by atoms with van der Waals surface area (Å²) in [5, 5.41) is 9.71. The van der Waals surface area contributed by atoms with Gasteiger partial charge >= 0.3 is 5.97 Å². The summed E-state index contributed by atoms with van der Waals surface area (Å²) in [5.74, 6) is -14.4. The molecule has 162 valence electrons. The summed E-state index contributed by atoms with van der Waals surface area (Å²) < 4.78 is 82.6. The lowest BCUT2D eigenvalue weighted by molar-refractivity contribution is -0.136. The number of carboxylic acids is 1. The molecule has 12 heteroatoms. The van der Waals surface area contributed by atoms with Gasteiger partial charge in [0, 0.05) is 17.0 Å². The third-order valence-corrected chi connectivity index (χ3v) is 5.40. The number of rotatable bonds is 7. The topological polar surface area (TPSA) is 66.4 Å². The molecule has 0 fully saturated rings. The largest absolute Gasteiger partial charge is 0.481 e. The Labute approximate surface area is 175 Å². The summed E-state index contributed by atoms with van der Waals surface area (Å²) in [6.07, 6.45) is -0.329. The van der Waals surface area contributed by atoms with Crippen molar-refractivity contribution in [3.05, 3.63) is 52.1 Å². The van der Waals surface area contributed by atoms with Crippen molar-refractivity contribution in [2.45, 2.75) is 23.5 Å². The van der Waals surface area contributed by atoms with Gasteiger partial charge in [0.25, 0.3) is 0 Å². The number of hydrogen-bond donors (Lipinski definition) is 2. The van der Waals surface area contributed by atoms with Crippen LogP contribution in [0.2, 0.25) is 5.02 Å². The molecule has 0 aliphatic rings. The van der Waals surface area contributed by atoms with Crippen molar-refractivity contribution in [1.82, 2.24) is 5.32 Å². The van der Waals surface area contributed by atoms with E-state index >= 15 is 0 Å². The third-order valence-electron chi connectivity index (χ3n) is 3.81. The average molecular weight is 472 g/mol. The summed E-state index contributed by atoms with van der Waals surface area (Å²) in [5.41, 5.74) is -2.41. The van der Waals surface area contributed by atoms with Gasteiger partial charge in [0.05, 0.1) is 22.3 Å². The molecule has 2 aromatic carbocycles. The van der Waals surface area contributed by atoms with E-state index in [1.165, 1.54) is 6.92 Å². The van der Waals surface area contributed by atoms with Crippen LogP contribution in [0.5, 0.6) is 0 Å². The van der Waals surface area contributed by atoms with Crippen LogP contribution in [-0.2, 0) is 9.59 Å². The first kappa shape index (κ1) is 23.9. The molecule has 30 heavy (non-hydrogen) atoms. The molecule has 0 aliphatic heterocycles. The smallest absolute Gasteiger partial charge is 0.305 e. The zero-order chi connectivity index (χ0) is 22.7. The quantitative estimate of drug-likeness (QED) is 0.260. The molecule has 1 amide bonds. The zero-order valence-corrected chi connectivity index (χ0v) is 16.5. The molecule has 0 heterocycles. The fraction of sp³-hybridized carbons (Fsp3) is 0.222. The highest BCUT2D eigenvalue weighted by Crippen LogP contribution is 2.39. The van der Waals surface area contributed by atoms with Crippen LogP contribution in [0.1, 0.15) is 13.3 Å². The maximum atomic E-state index is 14.3. The SMILES string of the molecule is CC(Sc1cc(-c2c(F)c(F)c(F)c(F)c2F)c(F)cc1Cl)C(=O)NCCC(=O)O. The highest BCUT2D eigenvalue weighted by atomic mass is 35.5. The summed E-state index contributed by atoms with van der Waals surface area (Å²) in [6, 6.07) is 1.38. The Hall–Kier alpha value is -2.40. The molecule has 2 N–H and O–H groups in total. The number of thioether (sulfide) groups is 1. The van der Waals surface area contributed by atoms with E-state index in [1.54, 1.807) is 0 Å². The third kappa shape index (κ3) is 5.01. The summed E-state index contributed by atoms with van der Waals surface area (Å²) in [7, 11) is 0. The predicted molar refractivity (Wildman–Crippen MR) is 97.2 cm³/mol. The molecule has 1 unspecified atom stereocenters. The average Bonchev–Trinajstić information content (AvgIpc) is 2.67. The van der Waals surface area contributed by atoms with E-state index in [0.29, 0.717) is 17.8 Å². The van der Waals surface area contributed by atoms with Crippen LogP contribution in [0.4, 0.5) is 26.3 Å². The van der Waals surface area contributed by atoms with Crippen LogP contribution in [0.15, 0.2) is 17.0 Å². The number of hydrogen-bond acceptors (Lipinski definition) is 3. The molecule has 0 spiro atoms. The first-order valence-electron chi connectivity index (χ1n) is 8.12. The number of carbonyl (C=O) groups excluding carboxylic acids is 1. The molecule has 0 radical (unpaired) electrons. The summed E-state index contributed by atoms with van der Waals surface area (Å²) in [4.78, 5) is 22.4. The minimum Gasteiger partial charge on any atom is -0.481 e. The van der Waals surface area contributed by atoms with Crippen LogP contribution >= 0.6 is 23.4 Å². The molecule has 1 atom stereocenters. The Balaban J connectivity index is 2.40. The Morgan fingerprint density at radius 3 is 2.10 bits per heavy atom. The number of carboxylic acid groups (broad SMARTS) is 1. The normalized spacial score (nSPS) is 12.0. The Kier molecular flexibility index (Phi) is 7.64. The van der Waals surface area contributed by atoms with Crippen LogP contribution in [0.3, 0.4) is 0 Å². The minimum atomic E-state index is -2.38. The number of benzene rings is 2. The molecule has 0 saturated carbocycles. The van der Waals surface area contributed by atoms with Gasteiger partial charge in [-0.05, 0) is 19.1 Å². The van der Waals surface area contributed by atoms with Crippen LogP contribution in [0, 0.1) is 34.9 Å². The molecule has 4 nitrogen and oxygen atoms in total. The van der Waals surface area contributed by atoms with Crippen molar-refractivity contribution in [1.29, 1.82) is 0 Å². The summed E-state index contributed by atoms with van der Waals surface area (Å²) >= 11 is 6.60. The van der Waals surface area contributed by atoms with Crippen LogP contribution < -0.4 is 5.32 Å². The fourth-order valence-electron chi connectivity index (χ4n) is 2.33. The van der Waals surface area contributed by atoms with Gasteiger partial charge in [-0.3, -0.25) is 9.59 Å². The summed E-state index contributed by atoms with van der Waals surface area (Å²) in [6.45, 7) is 1.23. The van der Waals surface area contributed by atoms with Crippen molar-refractivity contribution in [2.24, 2.45) is 0 Å². The lowest BCUT2D eigenvalue weighted by Crippen LogP contribution is -2.32. The predicted octanol–water partition coefficient (Wildman–Crippen LogP) is 4.91. The Morgan fingerprint density at radius 1 is 1.03 bits per heavy atom. The fourth-order valence-corrected chi connectivity index (χ4v) is 3.55. The van der Waals surface area contributed by atoms with Crippen molar-refractivity contribution in [2.75, 3.05) is 6.54 Å². The van der Waals surface area contributed by atoms with Gasteiger partial charge in [0.2, 0.25) is 11.7 Å². The second-order valence-corrected chi connectivity index (χ2v) is 7.69. The second-order valence-electron chi connectivity index (χ2n) is 5.90. The van der Waals surface area contributed by atoms with Crippen molar-refractivity contribution >= 4 is 35.2 Å². The van der Waals surface area contributed by atoms with E-state index in [1.807, 2.05) is 0 Å². The molecular formula is C18H12ClF6NO3S. The molecule has 2 rings (SSSR count). The van der Waals surface area contributed by atoms with Gasteiger partial charge in [-0.1, -0.05) is 11.6 Å². The van der Waals surface area contributed by atoms with Crippen molar-refractivity contribution < 1.29 is 41.0 Å². The van der Waals surface area contributed by atoms with Gasteiger partial charge in [-0.25, -0.2) is 26.3 Å². The molecule has 0 saturated heterocycles. The zero-order valence-electron chi connectivity index (χ0n) is 15.0. The minimum absolute atomic E-state index is 0.0714. The van der Waals surface area contributed by atoms with Crippen molar-refractivity contribution in [3.8, 4) is 11.1 Å². The van der Waals surface area contributed by atoms with Gasteiger partial charge < -0.3 is 10.4 Å². The Morgan fingerprint density at radius 2 is 1.57 bits per heavy atom. The molecular weight excluding hydrogens is 460 g/mol. The molecule has 0 aromatic heterocycles. The standard InChI is InChI=1S/C18H12ClF6NO3S/c1-6(18(29)26-3-2-11(27)28)30-10-4-7(9(20)5-8(10)19)12-13(21)15(23)17(25)16(24)14(12)22/h4-6H,2-3H2,1H3,(H,26,29)(H,27,28).